The van der Waals surface area contributed by atoms with Crippen molar-refractivity contribution in [1.82, 2.24) is 14.6 Å². The predicted molar refractivity (Wildman–Crippen MR) is 82.4 cm³/mol. The Kier molecular flexibility index (Phi) is 3.39. The van der Waals surface area contributed by atoms with Crippen molar-refractivity contribution in [3.8, 4) is 11.3 Å². The van der Waals surface area contributed by atoms with Crippen molar-refractivity contribution >= 4 is 17.2 Å². The summed E-state index contributed by atoms with van der Waals surface area (Å²) >= 11 is 0. The fourth-order valence-electron chi connectivity index (χ4n) is 2.33. The molecule has 0 unspecified atom stereocenters. The molecule has 21 heavy (non-hydrogen) atoms. The van der Waals surface area contributed by atoms with Gasteiger partial charge in [0.2, 0.25) is 0 Å². The Morgan fingerprint density at radius 1 is 1.29 bits per heavy atom. The van der Waals surface area contributed by atoms with Crippen LogP contribution in [0.3, 0.4) is 0 Å². The molecule has 0 radical (unpaired) electrons. The largest absolute Gasteiger partial charge is 0.372 e. The van der Waals surface area contributed by atoms with Crippen LogP contribution >= 0.6 is 0 Å². The number of benzene rings is 1. The van der Waals surface area contributed by atoms with Crippen LogP contribution in [0.4, 0.5) is 5.82 Å². The molecular formula is C16H16N4O. The number of rotatable bonds is 4. The van der Waals surface area contributed by atoms with E-state index >= 15 is 0 Å². The Balaban J connectivity index is 2.09. The fraction of sp³-hybridized carbons (Fsp3) is 0.188. The van der Waals surface area contributed by atoms with Crippen molar-refractivity contribution in [1.29, 1.82) is 0 Å². The maximum absolute atomic E-state index is 11.3. The van der Waals surface area contributed by atoms with Crippen LogP contribution in [0.1, 0.15) is 12.5 Å². The lowest BCUT2D eigenvalue weighted by atomic mass is 10.0. The van der Waals surface area contributed by atoms with Crippen LogP contribution in [0.15, 0.2) is 42.6 Å². The molecule has 0 spiro atoms. The van der Waals surface area contributed by atoms with Crippen molar-refractivity contribution in [2.24, 2.45) is 0 Å². The number of anilines is 1. The average molecular weight is 280 g/mol. The summed E-state index contributed by atoms with van der Waals surface area (Å²) in [4.78, 5) is 15.6. The Bertz CT molecular complexity index is 807. The number of carbonyl (C=O) groups is 1. The number of fused-ring (bicyclic) bond motifs is 1. The number of hydrogen-bond acceptors (Lipinski definition) is 4. The van der Waals surface area contributed by atoms with E-state index in [-0.39, 0.29) is 5.78 Å². The van der Waals surface area contributed by atoms with Gasteiger partial charge in [0.25, 0.3) is 0 Å². The molecule has 0 amide bonds. The Morgan fingerprint density at radius 2 is 2.14 bits per heavy atom. The standard InChI is InChI=1S/C16H16N4O/c1-11(21)8-12-4-3-5-13(9-12)14-10-18-16-7-6-15(17-2)19-20(14)16/h3-7,9-10H,8H2,1-2H3,(H,17,19). The lowest BCUT2D eigenvalue weighted by Crippen LogP contribution is -2.00. The van der Waals surface area contributed by atoms with Crippen molar-refractivity contribution in [2.45, 2.75) is 13.3 Å². The predicted octanol–water partition coefficient (Wildman–Crippen LogP) is 2.57. The molecule has 0 aliphatic heterocycles. The van der Waals surface area contributed by atoms with Gasteiger partial charge in [-0.3, -0.25) is 4.79 Å². The van der Waals surface area contributed by atoms with Gasteiger partial charge in [-0.1, -0.05) is 18.2 Å². The Hall–Kier alpha value is -2.69. The van der Waals surface area contributed by atoms with Gasteiger partial charge in [0.1, 0.15) is 11.6 Å². The van der Waals surface area contributed by atoms with Gasteiger partial charge in [0, 0.05) is 19.0 Å². The molecule has 0 atom stereocenters. The minimum Gasteiger partial charge on any atom is -0.372 e. The zero-order valence-electron chi connectivity index (χ0n) is 12.0. The minimum absolute atomic E-state index is 0.154. The molecule has 106 valence electrons. The summed E-state index contributed by atoms with van der Waals surface area (Å²) in [6.07, 6.45) is 2.24. The van der Waals surface area contributed by atoms with Gasteiger partial charge in [-0.2, -0.15) is 0 Å². The maximum Gasteiger partial charge on any atom is 0.154 e. The van der Waals surface area contributed by atoms with Gasteiger partial charge in [0.15, 0.2) is 5.65 Å². The lowest BCUT2D eigenvalue weighted by Gasteiger charge is -2.05. The van der Waals surface area contributed by atoms with Crippen LogP contribution in [-0.2, 0) is 11.2 Å². The summed E-state index contributed by atoms with van der Waals surface area (Å²) in [5.74, 6) is 0.933. The third-order valence-electron chi connectivity index (χ3n) is 3.29. The minimum atomic E-state index is 0.154. The van der Waals surface area contributed by atoms with Crippen molar-refractivity contribution in [3.63, 3.8) is 0 Å². The molecule has 0 bridgehead atoms. The molecule has 2 heterocycles. The highest BCUT2D eigenvalue weighted by molar-refractivity contribution is 5.78. The van der Waals surface area contributed by atoms with Gasteiger partial charge in [-0.15, -0.1) is 5.10 Å². The number of nitrogens with zero attached hydrogens (tertiary/aromatic N) is 3. The highest BCUT2D eigenvalue weighted by Crippen LogP contribution is 2.22. The zero-order valence-corrected chi connectivity index (χ0v) is 12.0. The van der Waals surface area contributed by atoms with Gasteiger partial charge in [-0.25, -0.2) is 9.50 Å². The first kappa shape index (κ1) is 13.3. The second-order valence-electron chi connectivity index (χ2n) is 4.96. The first-order chi connectivity index (χ1) is 10.2. The topological polar surface area (TPSA) is 59.3 Å². The number of Topliss-reactive ketones (excluding diaryl/α,β-unsaturated/α-hetero) is 1. The third-order valence-corrected chi connectivity index (χ3v) is 3.29. The Labute approximate surface area is 122 Å². The number of ketones is 1. The zero-order chi connectivity index (χ0) is 14.8. The molecule has 5 heteroatoms. The third kappa shape index (κ3) is 2.63. The summed E-state index contributed by atoms with van der Waals surface area (Å²) in [6.45, 7) is 1.60. The molecule has 2 aromatic heterocycles. The van der Waals surface area contributed by atoms with Crippen molar-refractivity contribution in [2.75, 3.05) is 12.4 Å². The SMILES string of the molecule is CNc1ccc2ncc(-c3cccc(CC(C)=O)c3)n2n1. The first-order valence-corrected chi connectivity index (χ1v) is 6.78. The second kappa shape index (κ2) is 5.36. The second-order valence-corrected chi connectivity index (χ2v) is 4.96. The van der Waals surface area contributed by atoms with E-state index < -0.39 is 0 Å². The van der Waals surface area contributed by atoms with E-state index in [1.807, 2.05) is 43.4 Å². The summed E-state index contributed by atoms with van der Waals surface area (Å²) in [5.41, 5.74) is 3.70. The van der Waals surface area contributed by atoms with E-state index in [0.29, 0.717) is 6.42 Å². The number of nitrogens with one attached hydrogen (secondary N) is 1. The van der Waals surface area contributed by atoms with Gasteiger partial charge < -0.3 is 5.32 Å². The van der Waals surface area contributed by atoms with Crippen LogP contribution in [0.5, 0.6) is 0 Å². The van der Waals surface area contributed by atoms with Gasteiger partial charge in [-0.05, 0) is 30.7 Å². The molecule has 3 rings (SSSR count). The van der Waals surface area contributed by atoms with E-state index in [2.05, 4.69) is 15.4 Å². The monoisotopic (exact) mass is 280 g/mol. The summed E-state index contributed by atoms with van der Waals surface area (Å²) in [5, 5.41) is 7.52. The van der Waals surface area contributed by atoms with E-state index in [0.717, 1.165) is 28.3 Å². The van der Waals surface area contributed by atoms with E-state index in [9.17, 15) is 4.79 Å². The van der Waals surface area contributed by atoms with Crippen LogP contribution in [0.2, 0.25) is 0 Å². The van der Waals surface area contributed by atoms with Crippen LogP contribution in [0, 0.1) is 0 Å². The molecule has 0 saturated carbocycles. The molecule has 1 N–H and O–H groups in total. The summed E-state index contributed by atoms with van der Waals surface area (Å²) in [7, 11) is 1.83. The van der Waals surface area contributed by atoms with Gasteiger partial charge >= 0.3 is 0 Å². The molecular weight excluding hydrogens is 264 g/mol. The van der Waals surface area contributed by atoms with Crippen LogP contribution in [0.25, 0.3) is 16.9 Å². The van der Waals surface area contributed by atoms with Crippen molar-refractivity contribution in [3.05, 3.63) is 48.2 Å². The summed E-state index contributed by atoms with van der Waals surface area (Å²) in [6, 6.07) is 11.7. The molecule has 0 saturated heterocycles. The molecule has 5 nitrogen and oxygen atoms in total. The molecule has 0 aliphatic rings. The molecule has 0 fully saturated rings. The molecule has 0 aliphatic carbocycles. The quantitative estimate of drug-likeness (QED) is 0.798. The number of carbonyl (C=O) groups excluding carboxylic acids is 1. The number of hydrogen-bond donors (Lipinski definition) is 1. The van der Waals surface area contributed by atoms with Gasteiger partial charge in [0.05, 0.1) is 11.9 Å². The number of aromatic nitrogens is 3. The average Bonchev–Trinajstić information content (AvgIpc) is 2.89. The highest BCUT2D eigenvalue weighted by Gasteiger charge is 2.09. The molecule has 3 aromatic rings. The lowest BCUT2D eigenvalue weighted by molar-refractivity contribution is -0.116. The van der Waals surface area contributed by atoms with Crippen LogP contribution < -0.4 is 5.32 Å². The molecule has 1 aromatic carbocycles. The first-order valence-electron chi connectivity index (χ1n) is 6.78. The van der Waals surface area contributed by atoms with E-state index in [1.54, 1.807) is 17.6 Å². The highest BCUT2D eigenvalue weighted by atomic mass is 16.1. The van der Waals surface area contributed by atoms with Crippen molar-refractivity contribution < 1.29 is 4.79 Å². The van der Waals surface area contributed by atoms with Crippen LogP contribution in [-0.4, -0.2) is 27.4 Å². The Morgan fingerprint density at radius 3 is 2.90 bits per heavy atom. The summed E-state index contributed by atoms with van der Waals surface area (Å²) < 4.78 is 1.80. The number of imidazole rings is 1. The smallest absolute Gasteiger partial charge is 0.154 e. The maximum atomic E-state index is 11.3. The van der Waals surface area contributed by atoms with E-state index in [4.69, 9.17) is 0 Å². The van der Waals surface area contributed by atoms with E-state index in [1.165, 1.54) is 0 Å². The normalized spacial score (nSPS) is 10.8. The fourth-order valence-corrected chi connectivity index (χ4v) is 2.33.